The monoisotopic (exact) mass is 199 g/mol. The summed E-state index contributed by atoms with van der Waals surface area (Å²) in [7, 11) is -3.97. The van der Waals surface area contributed by atoms with Gasteiger partial charge in [0.25, 0.3) is 0 Å². The minimum Gasteiger partial charge on any atom is -0.163 e. The molecule has 0 bridgehead atoms. The SMILES string of the molecule is O=[P+](O)OC(F)(F)C(F)(F)F. The van der Waals surface area contributed by atoms with E-state index in [1.807, 2.05) is 0 Å². The number of hydrogen-bond acceptors (Lipinski definition) is 2. The van der Waals surface area contributed by atoms with E-state index in [4.69, 9.17) is 4.89 Å². The van der Waals surface area contributed by atoms with Crippen LogP contribution in [-0.4, -0.2) is 17.2 Å². The number of alkyl halides is 5. The molecule has 66 valence electrons. The molecular formula is C2HF5O3P+. The topological polar surface area (TPSA) is 46.5 Å². The standard InChI is InChI=1S/C2F5O3P/c3-1(4,5)2(6,7)10-11(8)9/p+1. The average Bonchev–Trinajstić information content (AvgIpc) is 1.56. The Morgan fingerprint density at radius 3 is 1.64 bits per heavy atom. The molecule has 3 nitrogen and oxygen atoms in total. The summed E-state index contributed by atoms with van der Waals surface area (Å²) >= 11 is 0. The first-order valence-corrected chi connectivity index (χ1v) is 3.09. The fraction of sp³-hybridized carbons (Fsp3) is 1.00. The molecule has 0 amide bonds. The molecule has 1 atom stereocenters. The summed E-state index contributed by atoms with van der Waals surface area (Å²) in [5.41, 5.74) is 0. The summed E-state index contributed by atoms with van der Waals surface area (Å²) in [5.74, 6) is 0. The van der Waals surface area contributed by atoms with Gasteiger partial charge < -0.3 is 0 Å². The first kappa shape index (κ1) is 10.7. The highest BCUT2D eigenvalue weighted by Crippen LogP contribution is 2.41. The van der Waals surface area contributed by atoms with E-state index < -0.39 is 20.5 Å². The van der Waals surface area contributed by atoms with Gasteiger partial charge in [-0.3, -0.25) is 0 Å². The molecule has 0 aliphatic carbocycles. The van der Waals surface area contributed by atoms with Gasteiger partial charge in [0, 0.05) is 4.57 Å². The lowest BCUT2D eigenvalue weighted by Crippen LogP contribution is -2.37. The molecule has 0 saturated heterocycles. The molecule has 1 unspecified atom stereocenters. The third-order valence-electron chi connectivity index (χ3n) is 0.523. The summed E-state index contributed by atoms with van der Waals surface area (Å²) in [6, 6.07) is 0. The van der Waals surface area contributed by atoms with E-state index in [1.54, 1.807) is 0 Å². The van der Waals surface area contributed by atoms with Crippen LogP contribution < -0.4 is 0 Å². The van der Waals surface area contributed by atoms with E-state index in [0.29, 0.717) is 0 Å². The second-order valence-electron chi connectivity index (χ2n) is 1.34. The molecule has 0 heterocycles. The van der Waals surface area contributed by atoms with Crippen molar-refractivity contribution in [3.05, 3.63) is 0 Å². The predicted octanol–water partition coefficient (Wildman–Crippen LogP) is 1.81. The second kappa shape index (κ2) is 2.96. The third-order valence-corrected chi connectivity index (χ3v) is 0.908. The van der Waals surface area contributed by atoms with Crippen molar-refractivity contribution in [2.24, 2.45) is 0 Å². The molecule has 0 aliphatic rings. The van der Waals surface area contributed by atoms with Gasteiger partial charge in [0.1, 0.15) is 0 Å². The molecule has 0 aromatic heterocycles. The molecule has 0 aromatic rings. The van der Waals surface area contributed by atoms with Crippen molar-refractivity contribution in [3.8, 4) is 0 Å². The number of hydrogen-bond donors (Lipinski definition) is 1. The first-order valence-electron chi connectivity index (χ1n) is 1.96. The van der Waals surface area contributed by atoms with E-state index in [9.17, 15) is 26.5 Å². The smallest absolute Gasteiger partial charge is 0.163 e. The van der Waals surface area contributed by atoms with Gasteiger partial charge in [0.05, 0.1) is 0 Å². The Morgan fingerprint density at radius 2 is 1.55 bits per heavy atom. The maximum atomic E-state index is 11.5. The highest BCUT2D eigenvalue weighted by molar-refractivity contribution is 7.32. The van der Waals surface area contributed by atoms with Crippen LogP contribution in [0.1, 0.15) is 0 Å². The molecule has 0 aromatic carbocycles. The summed E-state index contributed by atoms with van der Waals surface area (Å²) in [6.07, 6.45) is -11.5. The van der Waals surface area contributed by atoms with Crippen LogP contribution >= 0.6 is 8.25 Å². The van der Waals surface area contributed by atoms with Crippen molar-refractivity contribution >= 4 is 8.25 Å². The Labute approximate surface area is 57.7 Å². The Hall–Kier alpha value is -0.330. The predicted molar refractivity (Wildman–Crippen MR) is 21.9 cm³/mol. The van der Waals surface area contributed by atoms with Gasteiger partial charge in [0.2, 0.25) is 0 Å². The largest absolute Gasteiger partial charge is 0.701 e. The molecule has 0 rings (SSSR count). The van der Waals surface area contributed by atoms with Crippen molar-refractivity contribution in [3.63, 3.8) is 0 Å². The Kier molecular flexibility index (Phi) is 2.87. The lowest BCUT2D eigenvalue weighted by molar-refractivity contribution is -0.361. The van der Waals surface area contributed by atoms with Gasteiger partial charge in [-0.2, -0.15) is 22.0 Å². The second-order valence-corrected chi connectivity index (χ2v) is 2.00. The Morgan fingerprint density at radius 1 is 1.18 bits per heavy atom. The fourth-order valence-corrected chi connectivity index (χ4v) is 0.450. The van der Waals surface area contributed by atoms with E-state index in [-0.39, 0.29) is 0 Å². The number of halogens is 5. The summed E-state index contributed by atoms with van der Waals surface area (Å²) < 4.78 is 68.0. The van der Waals surface area contributed by atoms with Crippen molar-refractivity contribution in [1.82, 2.24) is 0 Å². The lowest BCUT2D eigenvalue weighted by atomic mass is 10.6. The van der Waals surface area contributed by atoms with E-state index in [2.05, 4.69) is 4.52 Å². The Balaban J connectivity index is 4.34. The maximum Gasteiger partial charge on any atom is 0.701 e. The van der Waals surface area contributed by atoms with Crippen molar-refractivity contribution in [1.29, 1.82) is 0 Å². The van der Waals surface area contributed by atoms with Crippen molar-refractivity contribution < 1.29 is 35.9 Å². The maximum absolute atomic E-state index is 11.5. The quantitative estimate of drug-likeness (QED) is 0.544. The van der Waals surface area contributed by atoms with E-state index in [0.717, 1.165) is 0 Å². The molecule has 0 spiro atoms. The zero-order valence-electron chi connectivity index (χ0n) is 4.60. The summed E-state index contributed by atoms with van der Waals surface area (Å²) in [6.45, 7) is 0. The van der Waals surface area contributed by atoms with Gasteiger partial charge in [-0.1, -0.05) is 0 Å². The first-order chi connectivity index (χ1) is 4.67. The molecule has 0 radical (unpaired) electrons. The zero-order valence-corrected chi connectivity index (χ0v) is 5.50. The molecular weight excluding hydrogens is 198 g/mol. The molecule has 11 heavy (non-hydrogen) atoms. The molecule has 0 saturated carbocycles. The van der Waals surface area contributed by atoms with Crippen LogP contribution in [0.4, 0.5) is 22.0 Å². The molecule has 1 N–H and O–H groups in total. The molecule has 0 aliphatic heterocycles. The Bertz CT molecular complexity index is 164. The third kappa shape index (κ3) is 3.04. The van der Waals surface area contributed by atoms with E-state index in [1.165, 1.54) is 0 Å². The lowest BCUT2D eigenvalue weighted by Gasteiger charge is -2.11. The average molecular weight is 199 g/mol. The van der Waals surface area contributed by atoms with Gasteiger partial charge in [-0.15, -0.1) is 4.89 Å². The summed E-state index contributed by atoms with van der Waals surface area (Å²) in [5, 5.41) is 0. The minimum absolute atomic E-state index is 2.41. The van der Waals surface area contributed by atoms with Crippen LogP contribution in [-0.2, 0) is 9.09 Å². The van der Waals surface area contributed by atoms with E-state index >= 15 is 0 Å². The van der Waals surface area contributed by atoms with Gasteiger partial charge in [-0.05, 0) is 4.52 Å². The van der Waals surface area contributed by atoms with Crippen LogP contribution in [0.2, 0.25) is 0 Å². The summed E-state index contributed by atoms with van der Waals surface area (Å²) in [4.78, 5) is 7.56. The molecule has 9 heteroatoms. The molecule has 0 fully saturated rings. The fourth-order valence-electron chi connectivity index (χ4n) is 0.150. The van der Waals surface area contributed by atoms with Crippen molar-refractivity contribution in [2.75, 3.05) is 0 Å². The van der Waals surface area contributed by atoms with Crippen LogP contribution in [0.25, 0.3) is 0 Å². The minimum atomic E-state index is -5.97. The highest BCUT2D eigenvalue weighted by Gasteiger charge is 2.65. The van der Waals surface area contributed by atoms with Gasteiger partial charge in [-0.25, -0.2) is 0 Å². The van der Waals surface area contributed by atoms with Crippen LogP contribution in [0.3, 0.4) is 0 Å². The van der Waals surface area contributed by atoms with Gasteiger partial charge in [0.15, 0.2) is 0 Å². The van der Waals surface area contributed by atoms with Crippen LogP contribution in [0.15, 0.2) is 0 Å². The van der Waals surface area contributed by atoms with Gasteiger partial charge >= 0.3 is 20.5 Å². The highest BCUT2D eigenvalue weighted by atomic mass is 31.1. The zero-order chi connectivity index (χ0) is 9.28. The normalized spacial score (nSPS) is 14.9. The number of rotatable bonds is 2. The van der Waals surface area contributed by atoms with Crippen molar-refractivity contribution in [2.45, 2.75) is 12.3 Å². The van der Waals surface area contributed by atoms with Crippen LogP contribution in [0.5, 0.6) is 0 Å². The van der Waals surface area contributed by atoms with Crippen LogP contribution in [0, 0.1) is 0 Å².